The Morgan fingerprint density at radius 1 is 1.00 bits per heavy atom. The molecule has 11 heteroatoms. The van der Waals surface area contributed by atoms with Crippen LogP contribution in [0.3, 0.4) is 0 Å². The van der Waals surface area contributed by atoms with Crippen molar-refractivity contribution >= 4 is 47.2 Å². The molecule has 1 amide bonds. The molecule has 148 valence electrons. The van der Waals surface area contributed by atoms with Crippen molar-refractivity contribution in [2.75, 3.05) is 11.8 Å². The molecule has 0 saturated carbocycles. The summed E-state index contributed by atoms with van der Waals surface area (Å²) in [6, 6.07) is -0.821. The number of ether oxygens (including phenoxy) is 4. The number of halogens is 1. The SMILES string of the molecule is CC(=O)N[C@@H]1[C@@H](OC(C)=O)[C@H](OC(C)=O)[C@@H](COC(C)=O)O[C@@H]1SCCl. The molecular formula is C15H22ClNO8S. The van der Waals surface area contributed by atoms with Gasteiger partial charge >= 0.3 is 17.9 Å². The topological polar surface area (TPSA) is 117 Å². The van der Waals surface area contributed by atoms with Crippen LogP contribution in [0.1, 0.15) is 27.7 Å². The predicted molar refractivity (Wildman–Crippen MR) is 92.3 cm³/mol. The highest BCUT2D eigenvalue weighted by molar-refractivity contribution is 8.00. The molecule has 1 aliphatic heterocycles. The van der Waals surface area contributed by atoms with Crippen LogP contribution < -0.4 is 5.32 Å². The lowest BCUT2D eigenvalue weighted by atomic mass is 9.97. The molecule has 0 aromatic carbocycles. The second kappa shape index (κ2) is 10.6. The van der Waals surface area contributed by atoms with Gasteiger partial charge in [0.05, 0.1) is 5.21 Å². The minimum absolute atomic E-state index is 0.131. The Morgan fingerprint density at radius 2 is 1.58 bits per heavy atom. The van der Waals surface area contributed by atoms with E-state index in [0.717, 1.165) is 11.8 Å². The first-order valence-corrected chi connectivity index (χ1v) is 9.32. The van der Waals surface area contributed by atoms with Gasteiger partial charge in [-0.15, -0.1) is 23.4 Å². The second-order valence-corrected chi connectivity index (χ2v) is 7.17. The van der Waals surface area contributed by atoms with Gasteiger partial charge in [0, 0.05) is 27.7 Å². The number of alkyl halides is 1. The number of amides is 1. The molecule has 26 heavy (non-hydrogen) atoms. The Morgan fingerprint density at radius 3 is 2.04 bits per heavy atom. The summed E-state index contributed by atoms with van der Waals surface area (Å²) in [7, 11) is 0. The van der Waals surface area contributed by atoms with Crippen LogP contribution in [0.15, 0.2) is 0 Å². The first-order chi connectivity index (χ1) is 12.1. The Labute approximate surface area is 160 Å². The summed E-state index contributed by atoms with van der Waals surface area (Å²) in [4.78, 5) is 45.8. The monoisotopic (exact) mass is 411 g/mol. The van der Waals surface area contributed by atoms with Gasteiger partial charge in [0.1, 0.15) is 24.2 Å². The van der Waals surface area contributed by atoms with Crippen LogP contribution >= 0.6 is 23.4 Å². The van der Waals surface area contributed by atoms with Crippen LogP contribution in [-0.4, -0.2) is 65.4 Å². The van der Waals surface area contributed by atoms with E-state index in [1.165, 1.54) is 27.7 Å². The van der Waals surface area contributed by atoms with Gasteiger partial charge in [0.25, 0.3) is 0 Å². The molecule has 1 rings (SSSR count). The van der Waals surface area contributed by atoms with Crippen LogP contribution in [-0.2, 0) is 38.1 Å². The van der Waals surface area contributed by atoms with Crippen molar-refractivity contribution in [2.24, 2.45) is 0 Å². The lowest BCUT2D eigenvalue weighted by Crippen LogP contribution is -2.65. The second-order valence-electron chi connectivity index (χ2n) is 5.50. The molecule has 9 nitrogen and oxygen atoms in total. The minimum atomic E-state index is -1.08. The molecule has 1 saturated heterocycles. The number of esters is 3. The van der Waals surface area contributed by atoms with E-state index in [2.05, 4.69) is 5.32 Å². The van der Waals surface area contributed by atoms with Crippen molar-refractivity contribution in [3.63, 3.8) is 0 Å². The Kier molecular flexibility index (Phi) is 9.17. The normalized spacial score (nSPS) is 28.0. The fraction of sp³-hybridized carbons (Fsp3) is 0.733. The van der Waals surface area contributed by atoms with Crippen LogP contribution in [0.5, 0.6) is 0 Å². The lowest BCUT2D eigenvalue weighted by Gasteiger charge is -2.44. The third-order valence-electron chi connectivity index (χ3n) is 3.30. The number of carbonyl (C=O) groups is 4. The van der Waals surface area contributed by atoms with Gasteiger partial charge in [-0.1, -0.05) is 0 Å². The Balaban J connectivity index is 3.22. The molecule has 0 spiro atoms. The zero-order chi connectivity index (χ0) is 19.9. The standard InChI is InChI=1S/C15H22ClNO8S/c1-7(18)17-12-14(24-10(4)21)13(23-9(3)20)11(5-22-8(2)19)25-15(12)26-6-16/h11-15H,5-6H2,1-4H3,(H,17,18)/t11-,12-,13-,14-,15-/m1/s1. The molecule has 0 bridgehead atoms. The van der Waals surface area contributed by atoms with Crippen molar-refractivity contribution in [1.82, 2.24) is 5.32 Å². The maximum absolute atomic E-state index is 11.6. The quantitative estimate of drug-likeness (QED) is 0.364. The summed E-state index contributed by atoms with van der Waals surface area (Å²) in [6.07, 6.45) is -3.03. The highest BCUT2D eigenvalue weighted by Crippen LogP contribution is 2.32. The van der Waals surface area contributed by atoms with Gasteiger partial charge in [0.2, 0.25) is 5.91 Å². The largest absolute Gasteiger partial charge is 0.463 e. The van der Waals surface area contributed by atoms with E-state index in [1.807, 2.05) is 0 Å². The van der Waals surface area contributed by atoms with E-state index in [4.69, 9.17) is 30.5 Å². The molecule has 5 atom stereocenters. The summed E-state index contributed by atoms with van der Waals surface area (Å²) in [5, 5.41) is 2.77. The number of hydrogen-bond donors (Lipinski definition) is 1. The Hall–Kier alpha value is -1.52. The molecule has 1 heterocycles. The fourth-order valence-electron chi connectivity index (χ4n) is 2.50. The first kappa shape index (κ1) is 22.5. The van der Waals surface area contributed by atoms with Gasteiger partial charge < -0.3 is 24.3 Å². The summed E-state index contributed by atoms with van der Waals surface area (Å²) < 4.78 is 21.4. The number of thioether (sulfide) groups is 1. The molecule has 0 unspecified atom stereocenters. The first-order valence-electron chi connectivity index (χ1n) is 7.73. The molecule has 0 aromatic heterocycles. The van der Waals surface area contributed by atoms with Crippen LogP contribution in [0.2, 0.25) is 0 Å². The summed E-state index contributed by atoms with van der Waals surface area (Å²) >= 11 is 6.93. The van der Waals surface area contributed by atoms with E-state index in [0.29, 0.717) is 0 Å². The van der Waals surface area contributed by atoms with Crippen molar-refractivity contribution < 1.29 is 38.1 Å². The van der Waals surface area contributed by atoms with Crippen molar-refractivity contribution in [1.29, 1.82) is 0 Å². The van der Waals surface area contributed by atoms with Crippen molar-refractivity contribution in [3.8, 4) is 0 Å². The van der Waals surface area contributed by atoms with Crippen molar-refractivity contribution in [3.05, 3.63) is 0 Å². The molecule has 1 N–H and O–H groups in total. The van der Waals surface area contributed by atoms with Gasteiger partial charge in [-0.2, -0.15) is 0 Å². The molecule has 0 aromatic rings. The average Bonchev–Trinajstić information content (AvgIpc) is 2.50. The van der Waals surface area contributed by atoms with E-state index in [-0.39, 0.29) is 11.8 Å². The molecule has 1 fully saturated rings. The molecular weight excluding hydrogens is 390 g/mol. The molecule has 0 aliphatic carbocycles. The Bertz CT molecular complexity index is 546. The number of carbonyl (C=O) groups excluding carboxylic acids is 4. The zero-order valence-corrected chi connectivity index (χ0v) is 16.4. The summed E-state index contributed by atoms with van der Waals surface area (Å²) in [5.41, 5.74) is -0.715. The van der Waals surface area contributed by atoms with Crippen LogP contribution in [0.25, 0.3) is 0 Å². The van der Waals surface area contributed by atoms with Gasteiger partial charge in [-0.25, -0.2) is 0 Å². The van der Waals surface area contributed by atoms with E-state index < -0.39 is 53.6 Å². The van der Waals surface area contributed by atoms with Crippen LogP contribution in [0, 0.1) is 0 Å². The smallest absolute Gasteiger partial charge is 0.303 e. The number of nitrogens with one attached hydrogen (secondary N) is 1. The molecule has 1 aliphatic rings. The molecule has 0 radical (unpaired) electrons. The fourth-order valence-corrected chi connectivity index (χ4v) is 3.64. The van der Waals surface area contributed by atoms with Crippen molar-refractivity contribution in [2.45, 2.75) is 57.5 Å². The highest BCUT2D eigenvalue weighted by atomic mass is 35.5. The highest BCUT2D eigenvalue weighted by Gasteiger charge is 2.50. The predicted octanol–water partition coefficient (Wildman–Crippen LogP) is 0.572. The number of hydrogen-bond acceptors (Lipinski definition) is 9. The van der Waals surface area contributed by atoms with Crippen LogP contribution in [0.4, 0.5) is 0 Å². The maximum atomic E-state index is 11.6. The maximum Gasteiger partial charge on any atom is 0.303 e. The average molecular weight is 412 g/mol. The third-order valence-corrected chi connectivity index (χ3v) is 4.54. The number of rotatable bonds is 7. The third kappa shape index (κ3) is 7.00. The lowest BCUT2D eigenvalue weighted by molar-refractivity contribution is -0.211. The van der Waals surface area contributed by atoms with Gasteiger partial charge in [0.15, 0.2) is 12.2 Å². The van der Waals surface area contributed by atoms with E-state index in [9.17, 15) is 19.2 Å². The van der Waals surface area contributed by atoms with E-state index in [1.54, 1.807) is 0 Å². The van der Waals surface area contributed by atoms with Gasteiger partial charge in [-0.3, -0.25) is 19.2 Å². The van der Waals surface area contributed by atoms with E-state index >= 15 is 0 Å². The minimum Gasteiger partial charge on any atom is -0.463 e. The summed E-state index contributed by atoms with van der Waals surface area (Å²) in [6.45, 7) is 4.66. The summed E-state index contributed by atoms with van der Waals surface area (Å²) in [5.74, 6) is -2.22. The van der Waals surface area contributed by atoms with Gasteiger partial charge in [-0.05, 0) is 0 Å². The zero-order valence-electron chi connectivity index (χ0n) is 14.9.